The second kappa shape index (κ2) is 8.20. The Balaban J connectivity index is 1.54. The van der Waals surface area contributed by atoms with Gasteiger partial charge in [0.25, 0.3) is 0 Å². The summed E-state index contributed by atoms with van der Waals surface area (Å²) in [6.45, 7) is 3.23. The molecule has 0 saturated carbocycles. The van der Waals surface area contributed by atoms with E-state index in [0.717, 1.165) is 58.9 Å². The molecule has 8 nitrogen and oxygen atoms in total. The second-order valence-corrected chi connectivity index (χ2v) is 7.01. The largest absolute Gasteiger partial charge is 0.353 e. The van der Waals surface area contributed by atoms with Crippen molar-refractivity contribution in [3.8, 4) is 0 Å². The number of hydrazone groups is 2. The van der Waals surface area contributed by atoms with Crippen LogP contribution >= 0.6 is 0 Å². The van der Waals surface area contributed by atoms with Gasteiger partial charge < -0.3 is 10.6 Å². The van der Waals surface area contributed by atoms with Crippen LogP contribution < -0.4 is 21.5 Å². The van der Waals surface area contributed by atoms with Crippen LogP contribution in [-0.4, -0.2) is 50.5 Å². The van der Waals surface area contributed by atoms with Gasteiger partial charge in [0.15, 0.2) is 0 Å². The van der Waals surface area contributed by atoms with Crippen LogP contribution in [0.3, 0.4) is 0 Å². The van der Waals surface area contributed by atoms with Gasteiger partial charge in [0.1, 0.15) is 0 Å². The number of nitrogens with zero attached hydrogens (tertiary/aromatic N) is 4. The minimum Gasteiger partial charge on any atom is -0.353 e. The van der Waals surface area contributed by atoms with Gasteiger partial charge in [0, 0.05) is 24.2 Å². The Morgan fingerprint density at radius 1 is 0.767 bits per heavy atom. The van der Waals surface area contributed by atoms with Crippen molar-refractivity contribution in [3.63, 3.8) is 0 Å². The Morgan fingerprint density at radius 3 is 2.20 bits per heavy atom. The topological polar surface area (TPSA) is 97.6 Å². The molecule has 2 aliphatic rings. The summed E-state index contributed by atoms with van der Waals surface area (Å²) in [6, 6.07) is 16.7. The lowest BCUT2D eigenvalue weighted by Crippen LogP contribution is -2.30. The number of nitrogens with one attached hydrogen (secondary N) is 4. The van der Waals surface area contributed by atoms with Crippen molar-refractivity contribution in [2.45, 2.75) is 0 Å². The van der Waals surface area contributed by atoms with Crippen molar-refractivity contribution < 1.29 is 0 Å². The maximum Gasteiger partial charge on any atom is 0.212 e. The SMILES string of the molecule is C(=N\NC1=NCCN1)/c1cccc2c(/C=N/NC3=NCCN3)c3ccccc3cc12. The minimum absolute atomic E-state index is 0.707. The summed E-state index contributed by atoms with van der Waals surface area (Å²) in [6.07, 6.45) is 3.69. The van der Waals surface area contributed by atoms with Crippen LogP contribution in [0.15, 0.2) is 68.7 Å². The number of aliphatic imine (C=N–C) groups is 2. The molecule has 0 aliphatic carbocycles. The zero-order chi connectivity index (χ0) is 20.2. The number of hydrogen-bond donors (Lipinski definition) is 4. The monoisotopic (exact) mass is 398 g/mol. The summed E-state index contributed by atoms with van der Waals surface area (Å²) in [5, 5.41) is 19.6. The summed E-state index contributed by atoms with van der Waals surface area (Å²) >= 11 is 0. The smallest absolute Gasteiger partial charge is 0.212 e. The molecule has 8 heteroatoms. The lowest BCUT2D eigenvalue weighted by atomic mass is 9.95. The molecule has 0 spiro atoms. The molecular formula is C22H22N8. The first-order chi connectivity index (χ1) is 14.9. The van der Waals surface area contributed by atoms with Gasteiger partial charge in [0.05, 0.1) is 25.5 Å². The highest BCUT2D eigenvalue weighted by Crippen LogP contribution is 2.29. The predicted molar refractivity (Wildman–Crippen MR) is 124 cm³/mol. The summed E-state index contributed by atoms with van der Waals surface area (Å²) in [4.78, 5) is 8.61. The molecule has 2 heterocycles. The maximum atomic E-state index is 4.43. The average Bonchev–Trinajstić information content (AvgIpc) is 3.48. The van der Waals surface area contributed by atoms with Gasteiger partial charge in [-0.2, -0.15) is 10.2 Å². The van der Waals surface area contributed by atoms with Gasteiger partial charge in [-0.1, -0.05) is 42.5 Å². The van der Waals surface area contributed by atoms with E-state index in [-0.39, 0.29) is 0 Å². The van der Waals surface area contributed by atoms with Gasteiger partial charge in [-0.25, -0.2) is 20.8 Å². The van der Waals surface area contributed by atoms with E-state index in [9.17, 15) is 0 Å². The molecule has 0 unspecified atom stereocenters. The fraction of sp³-hybridized carbons (Fsp3) is 0.182. The molecule has 0 amide bonds. The van der Waals surface area contributed by atoms with Crippen LogP contribution in [0.1, 0.15) is 11.1 Å². The number of fused-ring (bicyclic) bond motifs is 2. The fourth-order valence-corrected chi connectivity index (χ4v) is 3.67. The molecule has 150 valence electrons. The first kappa shape index (κ1) is 18.1. The summed E-state index contributed by atoms with van der Waals surface area (Å²) in [5.41, 5.74) is 8.03. The highest BCUT2D eigenvalue weighted by Gasteiger charge is 2.09. The average molecular weight is 398 g/mol. The molecule has 3 aromatic carbocycles. The van der Waals surface area contributed by atoms with E-state index in [2.05, 4.69) is 72.0 Å². The highest BCUT2D eigenvalue weighted by atomic mass is 15.4. The highest BCUT2D eigenvalue weighted by molar-refractivity contribution is 6.16. The molecule has 0 atom stereocenters. The quantitative estimate of drug-likeness (QED) is 0.306. The molecule has 0 aromatic heterocycles. The first-order valence-corrected chi connectivity index (χ1v) is 9.98. The number of guanidine groups is 2. The fourth-order valence-electron chi connectivity index (χ4n) is 3.67. The Kier molecular flexibility index (Phi) is 4.95. The third-order valence-corrected chi connectivity index (χ3v) is 5.07. The normalized spacial score (nSPS) is 16.1. The summed E-state index contributed by atoms with van der Waals surface area (Å²) in [5.74, 6) is 1.41. The van der Waals surface area contributed by atoms with Crippen LogP contribution in [0.5, 0.6) is 0 Å². The predicted octanol–water partition coefficient (Wildman–Crippen LogP) is 1.76. The molecular weight excluding hydrogens is 376 g/mol. The summed E-state index contributed by atoms with van der Waals surface area (Å²) in [7, 11) is 0. The van der Waals surface area contributed by atoms with E-state index in [1.807, 2.05) is 30.6 Å². The van der Waals surface area contributed by atoms with Crippen molar-refractivity contribution in [1.82, 2.24) is 21.5 Å². The Morgan fingerprint density at radius 2 is 1.47 bits per heavy atom. The molecule has 3 aromatic rings. The van der Waals surface area contributed by atoms with E-state index in [4.69, 9.17) is 0 Å². The van der Waals surface area contributed by atoms with Crippen molar-refractivity contribution in [1.29, 1.82) is 0 Å². The van der Waals surface area contributed by atoms with Crippen LogP contribution in [-0.2, 0) is 0 Å². The Hall–Kier alpha value is -3.94. The van der Waals surface area contributed by atoms with E-state index < -0.39 is 0 Å². The zero-order valence-electron chi connectivity index (χ0n) is 16.4. The van der Waals surface area contributed by atoms with Crippen molar-refractivity contribution >= 4 is 45.9 Å². The van der Waals surface area contributed by atoms with Crippen LogP contribution in [0.4, 0.5) is 0 Å². The molecule has 2 aliphatic heterocycles. The minimum atomic E-state index is 0.707. The Labute approximate surface area is 173 Å². The van der Waals surface area contributed by atoms with Crippen LogP contribution in [0.25, 0.3) is 21.5 Å². The van der Waals surface area contributed by atoms with Crippen molar-refractivity contribution in [3.05, 3.63) is 59.7 Å². The van der Waals surface area contributed by atoms with Crippen LogP contribution in [0, 0.1) is 0 Å². The standard InChI is InChI=1S/C22H22N8/c1-2-6-17-15(4-1)12-19-16(13-27-29-21-23-8-9-24-21)5-3-7-18(19)20(17)14-28-30-22-25-10-11-26-22/h1-7,12-14H,8-11H2,(H2,23,24,29)(H2,25,26,30)/b27-13+,28-14+. The van der Waals surface area contributed by atoms with Gasteiger partial charge in [-0.15, -0.1) is 0 Å². The molecule has 0 saturated heterocycles. The third kappa shape index (κ3) is 3.67. The number of rotatable bonds is 4. The lowest BCUT2D eigenvalue weighted by molar-refractivity contribution is 0.920. The van der Waals surface area contributed by atoms with Crippen molar-refractivity contribution in [2.75, 3.05) is 26.2 Å². The van der Waals surface area contributed by atoms with Crippen LogP contribution in [0.2, 0.25) is 0 Å². The second-order valence-electron chi connectivity index (χ2n) is 7.01. The van der Waals surface area contributed by atoms with E-state index in [1.54, 1.807) is 0 Å². The lowest BCUT2D eigenvalue weighted by Gasteiger charge is -2.10. The molecule has 30 heavy (non-hydrogen) atoms. The van der Waals surface area contributed by atoms with Gasteiger partial charge in [-0.05, 0) is 27.6 Å². The molecule has 0 fully saturated rings. The molecule has 4 N–H and O–H groups in total. The van der Waals surface area contributed by atoms with Gasteiger partial charge in [0.2, 0.25) is 11.9 Å². The first-order valence-electron chi connectivity index (χ1n) is 9.98. The maximum absolute atomic E-state index is 4.43. The number of hydrogen-bond acceptors (Lipinski definition) is 8. The Bertz CT molecular complexity index is 1210. The molecule has 5 rings (SSSR count). The number of benzene rings is 3. The summed E-state index contributed by atoms with van der Waals surface area (Å²) < 4.78 is 0. The van der Waals surface area contributed by atoms with Gasteiger partial charge >= 0.3 is 0 Å². The zero-order valence-corrected chi connectivity index (χ0v) is 16.4. The van der Waals surface area contributed by atoms with E-state index >= 15 is 0 Å². The van der Waals surface area contributed by atoms with E-state index in [1.165, 1.54) is 0 Å². The van der Waals surface area contributed by atoms with Gasteiger partial charge in [-0.3, -0.25) is 0 Å². The van der Waals surface area contributed by atoms with Crippen molar-refractivity contribution in [2.24, 2.45) is 20.2 Å². The molecule has 0 radical (unpaired) electrons. The van der Waals surface area contributed by atoms with E-state index in [0.29, 0.717) is 11.9 Å². The third-order valence-electron chi connectivity index (χ3n) is 5.07. The molecule has 0 bridgehead atoms.